The first-order valence-electron chi connectivity index (χ1n) is 8.57. The normalized spacial score (nSPS) is 14.1. The van der Waals surface area contributed by atoms with Crippen molar-refractivity contribution in [3.63, 3.8) is 0 Å². The van der Waals surface area contributed by atoms with E-state index in [2.05, 4.69) is 65.3 Å². The second-order valence-electron chi connectivity index (χ2n) is 6.35. The molecule has 0 amide bonds. The minimum absolute atomic E-state index is 0.366. The highest BCUT2D eigenvalue weighted by Gasteiger charge is 2.21. The zero-order valence-electron chi connectivity index (χ0n) is 15.6. The molecule has 6 nitrogen and oxygen atoms in total. The zero-order chi connectivity index (χ0) is 18.7. The predicted molar refractivity (Wildman–Crippen MR) is 110 cm³/mol. The fourth-order valence-corrected chi connectivity index (χ4v) is 3.49. The molecule has 7 heteroatoms. The molecule has 26 heavy (non-hydrogen) atoms. The molecule has 0 fully saturated rings. The summed E-state index contributed by atoms with van der Waals surface area (Å²) < 4.78 is 0. The molecule has 2 N–H and O–H groups in total. The van der Waals surface area contributed by atoms with Crippen molar-refractivity contribution in [3.8, 4) is 0 Å². The average Bonchev–Trinajstić information content (AvgIpc) is 3.09. The largest absolute Gasteiger partial charge is 0.388 e. The van der Waals surface area contributed by atoms with Gasteiger partial charge in [-0.3, -0.25) is 0 Å². The van der Waals surface area contributed by atoms with Crippen molar-refractivity contribution < 1.29 is 0 Å². The van der Waals surface area contributed by atoms with Gasteiger partial charge in [0.15, 0.2) is 0 Å². The molecule has 2 aromatic rings. The number of pyridine rings is 1. The maximum absolute atomic E-state index is 4.85. The van der Waals surface area contributed by atoms with Crippen LogP contribution in [0.15, 0.2) is 42.6 Å². The van der Waals surface area contributed by atoms with Gasteiger partial charge in [-0.25, -0.2) is 4.98 Å². The van der Waals surface area contributed by atoms with E-state index in [4.69, 9.17) is 4.98 Å². The van der Waals surface area contributed by atoms with E-state index in [0.29, 0.717) is 5.92 Å². The second kappa shape index (κ2) is 7.70. The van der Waals surface area contributed by atoms with Crippen LogP contribution in [0.25, 0.3) is 5.57 Å². The molecule has 0 saturated carbocycles. The van der Waals surface area contributed by atoms with Gasteiger partial charge >= 0.3 is 0 Å². The Labute approximate surface area is 158 Å². The molecule has 0 saturated heterocycles. The predicted octanol–water partition coefficient (Wildman–Crippen LogP) is 3.92. The van der Waals surface area contributed by atoms with Crippen molar-refractivity contribution >= 4 is 33.5 Å². The number of allylic oxidation sites excluding steroid dienone is 3. The van der Waals surface area contributed by atoms with Gasteiger partial charge in [0.05, 0.1) is 11.4 Å². The van der Waals surface area contributed by atoms with E-state index in [1.54, 1.807) is 17.4 Å². The first-order chi connectivity index (χ1) is 12.5. The van der Waals surface area contributed by atoms with Crippen molar-refractivity contribution in [2.24, 2.45) is 0 Å². The van der Waals surface area contributed by atoms with Crippen LogP contribution < -0.4 is 15.5 Å². The van der Waals surface area contributed by atoms with Crippen molar-refractivity contribution in [3.05, 3.63) is 53.3 Å². The highest BCUT2D eigenvalue weighted by molar-refractivity contribution is 7.15. The number of likely N-dealkylation sites (N-methyl/N-ethyl adjacent to an activating group) is 2. The quantitative estimate of drug-likeness (QED) is 0.754. The third kappa shape index (κ3) is 3.62. The molecule has 0 aliphatic carbocycles. The lowest BCUT2D eigenvalue weighted by atomic mass is 10.0. The molecule has 0 radical (unpaired) electrons. The summed E-state index contributed by atoms with van der Waals surface area (Å²) in [6.07, 6.45) is 5.91. The highest BCUT2D eigenvalue weighted by Crippen LogP contribution is 2.34. The lowest BCUT2D eigenvalue weighted by molar-refractivity contribution is 0.825. The molecular weight excluding hydrogens is 344 g/mol. The van der Waals surface area contributed by atoms with Crippen LogP contribution in [-0.4, -0.2) is 35.8 Å². The summed E-state index contributed by atoms with van der Waals surface area (Å²) in [7, 11) is 3.97. The number of nitrogens with one attached hydrogen (secondary N) is 2. The molecule has 2 aromatic heterocycles. The number of hydrogen-bond donors (Lipinski definition) is 2. The van der Waals surface area contributed by atoms with Crippen LogP contribution in [0, 0.1) is 0 Å². The Kier molecular flexibility index (Phi) is 5.37. The van der Waals surface area contributed by atoms with E-state index in [-0.39, 0.29) is 0 Å². The minimum atomic E-state index is 0.366. The lowest BCUT2D eigenvalue weighted by Gasteiger charge is -2.27. The summed E-state index contributed by atoms with van der Waals surface area (Å²) in [6, 6.07) is 4.06. The van der Waals surface area contributed by atoms with Crippen LogP contribution in [-0.2, 0) is 0 Å². The molecule has 3 heterocycles. The lowest BCUT2D eigenvalue weighted by Crippen LogP contribution is -2.24. The summed E-state index contributed by atoms with van der Waals surface area (Å²) in [5.74, 6) is 1.12. The maximum atomic E-state index is 4.85. The Morgan fingerprint density at radius 1 is 1.35 bits per heavy atom. The fraction of sp³-hybridized carbons (Fsp3) is 0.316. The Balaban J connectivity index is 1.95. The molecule has 0 unspecified atom stereocenters. The zero-order valence-corrected chi connectivity index (χ0v) is 16.4. The van der Waals surface area contributed by atoms with Crippen molar-refractivity contribution in [2.45, 2.75) is 19.8 Å². The Hall–Kier alpha value is -2.67. The molecule has 3 rings (SSSR count). The van der Waals surface area contributed by atoms with Crippen LogP contribution in [0.1, 0.15) is 30.5 Å². The summed E-state index contributed by atoms with van der Waals surface area (Å²) in [4.78, 5) is 7.03. The second-order valence-corrected chi connectivity index (χ2v) is 7.36. The smallest absolute Gasteiger partial charge is 0.211 e. The number of fused-ring (bicyclic) bond motifs is 1. The number of rotatable bonds is 6. The summed E-state index contributed by atoms with van der Waals surface area (Å²) in [6.45, 7) is 8.86. The van der Waals surface area contributed by atoms with E-state index < -0.39 is 0 Å². The average molecular weight is 369 g/mol. The maximum Gasteiger partial charge on any atom is 0.211 e. The van der Waals surface area contributed by atoms with E-state index in [1.165, 1.54) is 0 Å². The van der Waals surface area contributed by atoms with E-state index in [0.717, 1.165) is 45.2 Å². The van der Waals surface area contributed by atoms with E-state index in [1.807, 2.05) is 19.2 Å². The molecule has 1 aliphatic heterocycles. The Morgan fingerprint density at radius 3 is 2.81 bits per heavy atom. The van der Waals surface area contributed by atoms with Crippen LogP contribution >= 0.6 is 11.3 Å². The van der Waals surface area contributed by atoms with Crippen LogP contribution in [0.3, 0.4) is 0 Å². The van der Waals surface area contributed by atoms with Gasteiger partial charge in [-0.2, -0.15) is 0 Å². The molecule has 0 atom stereocenters. The third-order valence-electron chi connectivity index (χ3n) is 4.12. The fourth-order valence-electron chi connectivity index (χ4n) is 2.74. The van der Waals surface area contributed by atoms with Crippen molar-refractivity contribution in [1.82, 2.24) is 20.5 Å². The summed E-state index contributed by atoms with van der Waals surface area (Å²) in [5.41, 5.74) is 4.10. The minimum Gasteiger partial charge on any atom is -0.388 e. The molecule has 1 aliphatic rings. The van der Waals surface area contributed by atoms with Gasteiger partial charge in [-0.05, 0) is 18.2 Å². The topological polar surface area (TPSA) is 66.0 Å². The number of anilines is 3. The molecular formula is C19H24N6S. The van der Waals surface area contributed by atoms with Gasteiger partial charge in [-0.1, -0.05) is 43.9 Å². The molecule has 0 bridgehead atoms. The molecule has 136 valence electrons. The third-order valence-corrected chi connectivity index (χ3v) is 5.26. The van der Waals surface area contributed by atoms with E-state index >= 15 is 0 Å². The molecule has 0 aromatic carbocycles. The van der Waals surface area contributed by atoms with Crippen LogP contribution in [0.4, 0.5) is 16.6 Å². The highest BCUT2D eigenvalue weighted by atomic mass is 32.1. The SMILES string of the molecule is C=C/C=C(\NC)C1=CCN(C)c2ccc(Nc3nnc(C(C)C)s3)nc21. The number of nitrogens with zero attached hydrogens (tertiary/aromatic N) is 4. The van der Waals surface area contributed by atoms with Gasteiger partial charge in [0, 0.05) is 37.8 Å². The molecule has 0 spiro atoms. The van der Waals surface area contributed by atoms with Gasteiger partial charge in [0.2, 0.25) is 5.13 Å². The van der Waals surface area contributed by atoms with E-state index in [9.17, 15) is 0 Å². The van der Waals surface area contributed by atoms with Crippen LogP contribution in [0.2, 0.25) is 0 Å². The van der Waals surface area contributed by atoms with Crippen LogP contribution in [0.5, 0.6) is 0 Å². The van der Waals surface area contributed by atoms with Gasteiger partial charge in [-0.15, -0.1) is 10.2 Å². The van der Waals surface area contributed by atoms with Gasteiger partial charge in [0.1, 0.15) is 10.8 Å². The number of aromatic nitrogens is 3. The number of hydrogen-bond acceptors (Lipinski definition) is 7. The monoisotopic (exact) mass is 368 g/mol. The Bertz CT molecular complexity index is 865. The Morgan fingerprint density at radius 2 is 2.15 bits per heavy atom. The van der Waals surface area contributed by atoms with Gasteiger partial charge < -0.3 is 15.5 Å². The van der Waals surface area contributed by atoms with Crippen molar-refractivity contribution in [1.29, 1.82) is 0 Å². The summed E-state index contributed by atoms with van der Waals surface area (Å²) in [5, 5.41) is 16.7. The standard InChI is InChI=1S/C19H24N6S/c1-6-7-14(20-4)13-10-11-25(5)15-8-9-16(21-17(13)15)22-19-24-23-18(26-19)12(2)3/h6-10,12,20H,1,11H2,2-5H3,(H,21,22,24)/b14-7-. The van der Waals surface area contributed by atoms with Gasteiger partial charge in [0.25, 0.3) is 0 Å². The first kappa shape index (κ1) is 18.1. The first-order valence-corrected chi connectivity index (χ1v) is 9.39. The summed E-state index contributed by atoms with van der Waals surface area (Å²) >= 11 is 1.56. The van der Waals surface area contributed by atoms with Crippen molar-refractivity contribution in [2.75, 3.05) is 30.9 Å².